The molecule has 0 aromatic carbocycles. The third-order valence-electron chi connectivity index (χ3n) is 2.60. The van der Waals surface area contributed by atoms with E-state index in [4.69, 9.17) is 33.4 Å². The van der Waals surface area contributed by atoms with Crippen LogP contribution in [0, 0.1) is 0 Å². The van der Waals surface area contributed by atoms with Crippen molar-refractivity contribution in [2.75, 3.05) is 0 Å². The van der Waals surface area contributed by atoms with Gasteiger partial charge >= 0.3 is 11.9 Å². The zero-order chi connectivity index (χ0) is 11.0. The molecule has 0 saturated heterocycles. The van der Waals surface area contributed by atoms with Gasteiger partial charge in [-0.1, -0.05) is 12.8 Å². The Bertz CT molecular complexity index is 253. The molecule has 1 saturated carbocycles. The molecule has 1 aliphatic rings. The van der Waals surface area contributed by atoms with E-state index in [-0.39, 0.29) is 12.8 Å². The van der Waals surface area contributed by atoms with Gasteiger partial charge in [-0.3, -0.25) is 9.59 Å². The number of rotatable bonds is 2. The minimum atomic E-state index is -1.89. The quantitative estimate of drug-likeness (QED) is 0.721. The second-order valence-corrected chi connectivity index (χ2v) is 4.71. The van der Waals surface area contributed by atoms with Crippen LogP contribution in [0.1, 0.15) is 25.7 Å². The van der Waals surface area contributed by atoms with E-state index in [1.54, 1.807) is 0 Å². The predicted octanol–water partition coefficient (Wildman–Crippen LogP) is 1.68. The fraction of sp³-hybridized carbons (Fsp3) is 0.750. The Morgan fingerprint density at radius 2 is 1.21 bits per heavy atom. The lowest BCUT2D eigenvalue weighted by Crippen LogP contribution is -2.58. The van der Waals surface area contributed by atoms with Crippen LogP contribution < -0.4 is 0 Å². The Morgan fingerprint density at radius 1 is 0.929 bits per heavy atom. The van der Waals surface area contributed by atoms with Gasteiger partial charge in [0.05, 0.1) is 0 Å². The summed E-state index contributed by atoms with van der Waals surface area (Å²) in [5, 5.41) is 17.8. The summed E-state index contributed by atoms with van der Waals surface area (Å²) in [6.07, 6.45) is 1.33. The lowest BCUT2D eigenvalue weighted by atomic mass is 9.77. The van der Waals surface area contributed by atoms with Crippen LogP contribution in [0.5, 0.6) is 0 Å². The van der Waals surface area contributed by atoms with Crippen molar-refractivity contribution < 1.29 is 19.8 Å². The van der Waals surface area contributed by atoms with Gasteiger partial charge in [0.1, 0.15) is 0 Å². The average molecular weight is 241 g/mol. The largest absolute Gasteiger partial charge is 0.480 e. The van der Waals surface area contributed by atoms with Crippen LogP contribution in [0.25, 0.3) is 0 Å². The molecule has 2 N–H and O–H groups in total. The Labute approximate surface area is 90.8 Å². The normalized spacial score (nSPS) is 37.9. The molecule has 80 valence electrons. The van der Waals surface area contributed by atoms with Crippen molar-refractivity contribution in [3.8, 4) is 0 Å². The van der Waals surface area contributed by atoms with E-state index in [1.165, 1.54) is 0 Å². The summed E-state index contributed by atoms with van der Waals surface area (Å²) in [4.78, 5) is 18.1. The van der Waals surface area contributed by atoms with Crippen LogP contribution in [-0.2, 0) is 9.59 Å². The minimum absolute atomic E-state index is 0.0830. The first-order chi connectivity index (χ1) is 6.34. The van der Waals surface area contributed by atoms with E-state index in [2.05, 4.69) is 0 Å². The van der Waals surface area contributed by atoms with Gasteiger partial charge in [-0.05, 0) is 12.8 Å². The van der Waals surface area contributed by atoms with Crippen molar-refractivity contribution in [3.63, 3.8) is 0 Å². The molecular weight excluding hydrogens is 231 g/mol. The fourth-order valence-electron chi connectivity index (χ4n) is 1.69. The SMILES string of the molecule is O=C(O)C1(Cl)CCCCC1(Cl)C(=O)O. The standard InChI is InChI=1S/C8H10Cl2O4/c9-7(5(11)12)3-1-2-4-8(7,10)6(13)14/h1-4H2,(H,11,12)(H,13,14). The Balaban J connectivity index is 3.12. The molecule has 0 bridgehead atoms. The van der Waals surface area contributed by atoms with Gasteiger partial charge in [-0.2, -0.15) is 0 Å². The maximum absolute atomic E-state index is 10.9. The maximum Gasteiger partial charge on any atom is 0.327 e. The summed E-state index contributed by atoms with van der Waals surface area (Å²) in [6, 6.07) is 0. The monoisotopic (exact) mass is 240 g/mol. The first-order valence-corrected chi connectivity index (χ1v) is 4.95. The lowest BCUT2D eigenvalue weighted by molar-refractivity contribution is -0.151. The van der Waals surface area contributed by atoms with Crippen molar-refractivity contribution >= 4 is 35.1 Å². The molecule has 0 heterocycles. The van der Waals surface area contributed by atoms with E-state index in [0.29, 0.717) is 12.8 Å². The number of hydrogen-bond acceptors (Lipinski definition) is 2. The third-order valence-corrected chi connectivity index (χ3v) is 4.04. The van der Waals surface area contributed by atoms with E-state index in [1.807, 2.05) is 0 Å². The van der Waals surface area contributed by atoms with Crippen LogP contribution in [0.4, 0.5) is 0 Å². The van der Waals surface area contributed by atoms with Gasteiger partial charge in [0.25, 0.3) is 0 Å². The topological polar surface area (TPSA) is 74.6 Å². The predicted molar refractivity (Wildman–Crippen MR) is 50.9 cm³/mol. The second kappa shape index (κ2) is 3.59. The summed E-state index contributed by atoms with van der Waals surface area (Å²) in [5.41, 5.74) is 0. The summed E-state index contributed by atoms with van der Waals surface area (Å²) in [5.74, 6) is -2.73. The number of carbonyl (C=O) groups is 2. The maximum atomic E-state index is 10.9. The number of hydrogen-bond donors (Lipinski definition) is 2. The minimum Gasteiger partial charge on any atom is -0.480 e. The molecule has 0 amide bonds. The Morgan fingerprint density at radius 3 is 1.43 bits per heavy atom. The van der Waals surface area contributed by atoms with Crippen molar-refractivity contribution in [2.45, 2.75) is 35.4 Å². The number of halogens is 2. The smallest absolute Gasteiger partial charge is 0.327 e. The molecule has 0 aliphatic heterocycles. The van der Waals surface area contributed by atoms with Crippen molar-refractivity contribution in [3.05, 3.63) is 0 Å². The van der Waals surface area contributed by atoms with Gasteiger partial charge in [0, 0.05) is 0 Å². The zero-order valence-electron chi connectivity index (χ0n) is 7.30. The number of carboxylic acids is 2. The summed E-state index contributed by atoms with van der Waals surface area (Å²) in [7, 11) is 0. The lowest BCUT2D eigenvalue weighted by Gasteiger charge is -2.39. The molecule has 0 aromatic rings. The van der Waals surface area contributed by atoms with Crippen LogP contribution in [-0.4, -0.2) is 31.9 Å². The van der Waals surface area contributed by atoms with Gasteiger partial charge in [-0.15, -0.1) is 23.2 Å². The fourth-order valence-corrected chi connectivity index (χ4v) is 2.30. The number of alkyl halides is 2. The molecule has 1 rings (SSSR count). The van der Waals surface area contributed by atoms with E-state index < -0.39 is 21.7 Å². The molecule has 0 aromatic heterocycles. The number of aliphatic carboxylic acids is 2. The highest BCUT2D eigenvalue weighted by atomic mass is 35.5. The molecule has 2 atom stereocenters. The highest BCUT2D eigenvalue weighted by Gasteiger charge is 2.61. The average Bonchev–Trinajstić information content (AvgIpc) is 2.09. The van der Waals surface area contributed by atoms with Crippen molar-refractivity contribution in [1.29, 1.82) is 0 Å². The van der Waals surface area contributed by atoms with Gasteiger partial charge in [0.2, 0.25) is 0 Å². The van der Waals surface area contributed by atoms with Crippen LogP contribution in [0.15, 0.2) is 0 Å². The molecule has 4 nitrogen and oxygen atoms in total. The molecule has 1 aliphatic carbocycles. The van der Waals surface area contributed by atoms with E-state index in [9.17, 15) is 9.59 Å². The second-order valence-electron chi connectivity index (χ2n) is 3.42. The van der Waals surface area contributed by atoms with E-state index in [0.717, 1.165) is 0 Å². The Kier molecular flexibility index (Phi) is 2.97. The van der Waals surface area contributed by atoms with Crippen molar-refractivity contribution in [2.24, 2.45) is 0 Å². The first-order valence-electron chi connectivity index (χ1n) is 4.19. The van der Waals surface area contributed by atoms with Crippen LogP contribution in [0.2, 0.25) is 0 Å². The highest BCUT2D eigenvalue weighted by molar-refractivity contribution is 6.47. The molecule has 14 heavy (non-hydrogen) atoms. The highest BCUT2D eigenvalue weighted by Crippen LogP contribution is 2.47. The number of carboxylic acid groups (broad SMARTS) is 2. The van der Waals surface area contributed by atoms with Crippen molar-refractivity contribution in [1.82, 2.24) is 0 Å². The van der Waals surface area contributed by atoms with Gasteiger partial charge in [0.15, 0.2) is 9.75 Å². The van der Waals surface area contributed by atoms with Gasteiger partial charge < -0.3 is 10.2 Å². The molecule has 1 fully saturated rings. The molecule has 2 unspecified atom stereocenters. The summed E-state index contributed by atoms with van der Waals surface area (Å²) in [6.45, 7) is 0. The van der Waals surface area contributed by atoms with Crippen LogP contribution in [0.3, 0.4) is 0 Å². The summed E-state index contributed by atoms with van der Waals surface area (Å²) < 4.78 is 0. The zero-order valence-corrected chi connectivity index (χ0v) is 8.81. The van der Waals surface area contributed by atoms with Gasteiger partial charge in [-0.25, -0.2) is 0 Å². The third kappa shape index (κ3) is 1.46. The molecular formula is C8H10Cl2O4. The Hall–Kier alpha value is -0.480. The molecule has 0 radical (unpaired) electrons. The molecule has 0 spiro atoms. The van der Waals surface area contributed by atoms with E-state index >= 15 is 0 Å². The molecule has 6 heteroatoms. The first kappa shape index (κ1) is 11.6. The summed E-state index contributed by atoms with van der Waals surface area (Å²) >= 11 is 11.6. The van der Waals surface area contributed by atoms with Crippen LogP contribution >= 0.6 is 23.2 Å².